The highest BCUT2D eigenvalue weighted by molar-refractivity contribution is 6.09. The van der Waals surface area contributed by atoms with E-state index in [0.29, 0.717) is 6.54 Å². The lowest BCUT2D eigenvalue weighted by Gasteiger charge is -2.29. The molecule has 0 fully saturated rings. The van der Waals surface area contributed by atoms with E-state index < -0.39 is 0 Å². The Morgan fingerprint density at radius 3 is 2.83 bits per heavy atom. The van der Waals surface area contributed by atoms with E-state index in [0.717, 1.165) is 24.1 Å². The van der Waals surface area contributed by atoms with Gasteiger partial charge in [-0.3, -0.25) is 9.59 Å². The lowest BCUT2D eigenvalue weighted by Crippen LogP contribution is -2.37. The quantitative estimate of drug-likeness (QED) is 0.667. The third-order valence-corrected chi connectivity index (χ3v) is 3.77. The Labute approximate surface area is 135 Å². The number of nitrogens with zero attached hydrogens (tertiary/aromatic N) is 3. The van der Waals surface area contributed by atoms with Gasteiger partial charge in [0.05, 0.1) is 0 Å². The van der Waals surface area contributed by atoms with Crippen LogP contribution in [0.15, 0.2) is 36.0 Å². The maximum atomic E-state index is 12.7. The predicted octanol–water partition coefficient (Wildman–Crippen LogP) is 1.18. The van der Waals surface area contributed by atoms with Crippen LogP contribution in [0.3, 0.4) is 0 Å². The van der Waals surface area contributed by atoms with Gasteiger partial charge in [0.2, 0.25) is 5.91 Å². The zero-order valence-corrected chi connectivity index (χ0v) is 13.2. The summed E-state index contributed by atoms with van der Waals surface area (Å²) in [5, 5.41) is 9.34. The minimum atomic E-state index is -0.386. The molecule has 2 N–H and O–H groups in total. The van der Waals surface area contributed by atoms with E-state index in [9.17, 15) is 14.9 Å². The lowest BCUT2D eigenvalue weighted by molar-refractivity contribution is -0.126. The normalized spacial score (nSPS) is 14.0. The van der Waals surface area contributed by atoms with Crippen molar-refractivity contribution in [1.29, 1.82) is 5.26 Å². The minimum absolute atomic E-state index is 0.0645. The number of amides is 2. The average Bonchev–Trinajstić information content (AvgIpc) is 2.57. The number of carbonyl (C=O) groups is 2. The highest BCUT2D eigenvalue weighted by Crippen LogP contribution is 2.27. The number of nitriles is 1. The highest BCUT2D eigenvalue weighted by atomic mass is 16.2. The fourth-order valence-electron chi connectivity index (χ4n) is 2.63. The molecule has 2 amide bonds. The first-order valence-electron chi connectivity index (χ1n) is 7.57. The van der Waals surface area contributed by atoms with Crippen LogP contribution in [0, 0.1) is 11.3 Å². The molecule has 2 rings (SSSR count). The predicted molar refractivity (Wildman–Crippen MR) is 87.3 cm³/mol. The van der Waals surface area contributed by atoms with Gasteiger partial charge in [0, 0.05) is 38.4 Å². The molecule has 1 aromatic rings. The number of aryl methyl sites for hydroxylation is 1. The van der Waals surface area contributed by atoms with Crippen LogP contribution in [0.25, 0.3) is 0 Å². The van der Waals surface area contributed by atoms with E-state index in [4.69, 9.17) is 5.73 Å². The summed E-state index contributed by atoms with van der Waals surface area (Å²) in [7, 11) is 0. The van der Waals surface area contributed by atoms with Crippen LogP contribution in [-0.4, -0.2) is 36.3 Å². The zero-order valence-electron chi connectivity index (χ0n) is 13.2. The molecule has 0 bridgehead atoms. The summed E-state index contributed by atoms with van der Waals surface area (Å²) in [5.41, 5.74) is 7.32. The van der Waals surface area contributed by atoms with E-state index >= 15 is 0 Å². The van der Waals surface area contributed by atoms with Crippen molar-refractivity contribution in [3.63, 3.8) is 0 Å². The van der Waals surface area contributed by atoms with Crippen LogP contribution in [0.4, 0.5) is 5.69 Å². The van der Waals surface area contributed by atoms with Gasteiger partial charge in [0.1, 0.15) is 11.6 Å². The molecule has 0 saturated carbocycles. The lowest BCUT2D eigenvalue weighted by atomic mass is 10.0. The Morgan fingerprint density at radius 1 is 1.43 bits per heavy atom. The summed E-state index contributed by atoms with van der Waals surface area (Å²) in [5.74, 6) is -0.641. The molecule has 0 saturated heterocycles. The van der Waals surface area contributed by atoms with Crippen molar-refractivity contribution >= 4 is 17.5 Å². The van der Waals surface area contributed by atoms with E-state index in [1.165, 1.54) is 18.0 Å². The second-order valence-corrected chi connectivity index (χ2v) is 5.34. The Morgan fingerprint density at radius 2 is 2.17 bits per heavy atom. The maximum Gasteiger partial charge on any atom is 0.270 e. The fraction of sp³-hybridized carbons (Fsp3) is 0.353. The molecule has 0 aromatic heterocycles. The molecular weight excluding hydrogens is 292 g/mol. The van der Waals surface area contributed by atoms with Crippen molar-refractivity contribution < 1.29 is 9.59 Å². The number of rotatable bonds is 4. The maximum absolute atomic E-state index is 12.7. The molecule has 120 valence electrons. The van der Waals surface area contributed by atoms with E-state index in [1.807, 2.05) is 30.3 Å². The van der Waals surface area contributed by atoms with Crippen molar-refractivity contribution in [2.45, 2.75) is 19.8 Å². The van der Waals surface area contributed by atoms with E-state index in [2.05, 4.69) is 0 Å². The minimum Gasteiger partial charge on any atom is -0.329 e. The number of nitrogens with two attached hydrogens (primary N) is 1. The SMILES string of the molecule is CC(=O)N(/C=C(/C#N)C(=O)N1CCCc2ccccc21)CCN. The first-order chi connectivity index (χ1) is 11.1. The molecule has 0 aliphatic carbocycles. The monoisotopic (exact) mass is 312 g/mol. The van der Waals surface area contributed by atoms with E-state index in [-0.39, 0.29) is 30.5 Å². The van der Waals surface area contributed by atoms with Crippen LogP contribution in [0.1, 0.15) is 18.9 Å². The van der Waals surface area contributed by atoms with Gasteiger partial charge in [-0.05, 0) is 24.5 Å². The Kier molecular flexibility index (Phi) is 5.50. The fourth-order valence-corrected chi connectivity index (χ4v) is 2.63. The molecular formula is C17H20N4O2. The van der Waals surface area contributed by atoms with Gasteiger partial charge < -0.3 is 15.5 Å². The summed E-state index contributed by atoms with van der Waals surface area (Å²) in [6, 6.07) is 9.58. The van der Waals surface area contributed by atoms with Crippen LogP contribution in [0.2, 0.25) is 0 Å². The summed E-state index contributed by atoms with van der Waals surface area (Å²) in [6.45, 7) is 2.47. The Bertz CT molecular complexity index is 675. The number of anilines is 1. The average molecular weight is 312 g/mol. The zero-order chi connectivity index (χ0) is 16.8. The third-order valence-electron chi connectivity index (χ3n) is 3.77. The number of carbonyl (C=O) groups excluding carboxylic acids is 2. The van der Waals surface area contributed by atoms with Crippen molar-refractivity contribution in [2.24, 2.45) is 5.73 Å². The molecule has 0 spiro atoms. The molecule has 23 heavy (non-hydrogen) atoms. The summed E-state index contributed by atoms with van der Waals surface area (Å²) in [4.78, 5) is 27.2. The number of hydrogen-bond donors (Lipinski definition) is 1. The van der Waals surface area contributed by atoms with Gasteiger partial charge >= 0.3 is 0 Å². The second-order valence-electron chi connectivity index (χ2n) is 5.34. The first kappa shape index (κ1) is 16.7. The molecule has 1 heterocycles. The molecule has 1 aliphatic heterocycles. The van der Waals surface area contributed by atoms with Gasteiger partial charge in [0.15, 0.2) is 0 Å². The topological polar surface area (TPSA) is 90.4 Å². The van der Waals surface area contributed by atoms with Gasteiger partial charge in [-0.25, -0.2) is 0 Å². The van der Waals surface area contributed by atoms with Crippen molar-refractivity contribution in [1.82, 2.24) is 4.90 Å². The summed E-state index contributed by atoms with van der Waals surface area (Å²) >= 11 is 0. The molecule has 6 nitrogen and oxygen atoms in total. The second kappa shape index (κ2) is 7.56. The molecule has 6 heteroatoms. The molecule has 0 atom stereocenters. The standard InChI is InChI=1S/C17H20N4O2/c1-13(22)20(10-8-18)12-15(11-19)17(23)21-9-4-6-14-5-2-3-7-16(14)21/h2-3,5,7,12H,4,6,8-10,18H2,1H3/b15-12-. The van der Waals surface area contributed by atoms with Crippen LogP contribution in [-0.2, 0) is 16.0 Å². The van der Waals surface area contributed by atoms with Crippen molar-refractivity contribution in [3.8, 4) is 6.07 Å². The van der Waals surface area contributed by atoms with Crippen LogP contribution >= 0.6 is 0 Å². The molecule has 1 aromatic carbocycles. The molecule has 1 aliphatic rings. The third kappa shape index (κ3) is 3.76. The van der Waals surface area contributed by atoms with Crippen LogP contribution in [0.5, 0.6) is 0 Å². The highest BCUT2D eigenvalue weighted by Gasteiger charge is 2.25. The van der Waals surface area contributed by atoms with Crippen LogP contribution < -0.4 is 10.6 Å². The van der Waals surface area contributed by atoms with Crippen molar-refractivity contribution in [3.05, 3.63) is 41.6 Å². The number of para-hydroxylation sites is 1. The number of hydrogen-bond acceptors (Lipinski definition) is 4. The van der Waals surface area contributed by atoms with E-state index in [1.54, 1.807) is 4.90 Å². The largest absolute Gasteiger partial charge is 0.329 e. The summed E-state index contributed by atoms with van der Waals surface area (Å²) in [6.07, 6.45) is 3.06. The Balaban J connectivity index is 2.31. The number of fused-ring (bicyclic) bond motifs is 1. The molecule has 0 radical (unpaired) electrons. The number of benzene rings is 1. The Hall–Kier alpha value is -2.65. The van der Waals surface area contributed by atoms with Gasteiger partial charge in [-0.2, -0.15) is 5.26 Å². The molecule has 0 unspecified atom stereocenters. The van der Waals surface area contributed by atoms with Gasteiger partial charge in [-0.1, -0.05) is 18.2 Å². The smallest absolute Gasteiger partial charge is 0.270 e. The van der Waals surface area contributed by atoms with Crippen molar-refractivity contribution in [2.75, 3.05) is 24.5 Å². The van der Waals surface area contributed by atoms with Gasteiger partial charge in [-0.15, -0.1) is 0 Å². The van der Waals surface area contributed by atoms with Gasteiger partial charge in [0.25, 0.3) is 5.91 Å². The summed E-state index contributed by atoms with van der Waals surface area (Å²) < 4.78 is 0. The first-order valence-corrected chi connectivity index (χ1v) is 7.57.